The maximum absolute atomic E-state index is 11.8. The van der Waals surface area contributed by atoms with Gasteiger partial charge in [-0.1, -0.05) is 6.92 Å². The Balaban J connectivity index is 0.000000409. The molecule has 3 aliphatic carbocycles. The number of carboxylic acid groups (broad SMARTS) is 2. The van der Waals surface area contributed by atoms with Crippen LogP contribution in [-0.4, -0.2) is 152 Å². The minimum Gasteiger partial charge on any atom is -0.481 e. The molecule has 6 aromatic heterocycles. The normalized spacial score (nSPS) is 13.6. The number of nitrogens with two attached hydrogens (primary N) is 1. The molecule has 104 heavy (non-hydrogen) atoms. The zero-order valence-electron chi connectivity index (χ0n) is 59.5. The van der Waals surface area contributed by atoms with E-state index in [2.05, 4.69) is 15.4 Å². The number of aromatic carboxylic acids is 1. The van der Waals surface area contributed by atoms with Crippen molar-refractivity contribution < 1.29 is 105 Å². The number of ketones is 5. The van der Waals surface area contributed by atoms with Crippen LogP contribution in [0.2, 0.25) is 0 Å². The van der Waals surface area contributed by atoms with Gasteiger partial charge in [0.15, 0.2) is 23.1 Å². The Kier molecular flexibility index (Phi) is 47.8. The van der Waals surface area contributed by atoms with Crippen LogP contribution in [0.3, 0.4) is 0 Å². The van der Waals surface area contributed by atoms with Gasteiger partial charge in [-0.2, -0.15) is 34.0 Å². The van der Waals surface area contributed by atoms with Gasteiger partial charge in [-0.3, -0.25) is 57.3 Å². The lowest BCUT2D eigenvalue weighted by molar-refractivity contribution is -0.144. The molecule has 0 bridgehead atoms. The van der Waals surface area contributed by atoms with E-state index in [0.29, 0.717) is 111 Å². The second kappa shape index (κ2) is 53.9. The predicted molar refractivity (Wildman–Crippen MR) is 404 cm³/mol. The molecule has 570 valence electrons. The number of thiophene rings is 6. The minimum absolute atomic E-state index is 0.0458. The van der Waals surface area contributed by atoms with Gasteiger partial charge in [0.05, 0.1) is 69.3 Å². The highest BCUT2D eigenvalue weighted by atomic mass is 32.1. The van der Waals surface area contributed by atoms with Gasteiger partial charge in [-0.15, -0.1) is 34.0 Å². The molecule has 0 aliphatic heterocycles. The van der Waals surface area contributed by atoms with E-state index in [1.54, 1.807) is 97.1 Å². The van der Waals surface area contributed by atoms with Gasteiger partial charge < -0.3 is 54.6 Å². The lowest BCUT2D eigenvalue weighted by atomic mass is 9.98. The molecule has 6 N–H and O–H groups in total. The van der Waals surface area contributed by atoms with Crippen molar-refractivity contribution >= 4 is 158 Å². The van der Waals surface area contributed by atoms with Crippen molar-refractivity contribution in [3.8, 4) is 0 Å². The molecule has 25 nitrogen and oxygen atoms in total. The average Bonchev–Trinajstić information content (AvgIpc) is 1.69. The number of allylic oxidation sites excluding steroid dienone is 1. The summed E-state index contributed by atoms with van der Waals surface area (Å²) in [5.41, 5.74) is 9.86. The van der Waals surface area contributed by atoms with Crippen molar-refractivity contribution in [2.24, 2.45) is 5.73 Å². The van der Waals surface area contributed by atoms with E-state index in [-0.39, 0.29) is 110 Å². The number of carboxylic acids is 2. The fourth-order valence-corrected chi connectivity index (χ4v) is 15.5. The van der Waals surface area contributed by atoms with Crippen molar-refractivity contribution in [1.29, 1.82) is 0 Å². The third-order valence-electron chi connectivity index (χ3n) is 13.9. The van der Waals surface area contributed by atoms with Crippen LogP contribution < -0.4 is 16.4 Å². The van der Waals surface area contributed by atoms with Crippen LogP contribution in [0.25, 0.3) is 5.57 Å². The number of esters is 4. The highest BCUT2D eigenvalue weighted by Gasteiger charge is 2.29. The summed E-state index contributed by atoms with van der Waals surface area (Å²) in [6, 6.07) is 10.5. The monoisotopic (exact) mass is 1580 g/mol. The molecule has 2 amide bonds. The molecular formula is C72H94N3O22PS6. The van der Waals surface area contributed by atoms with Gasteiger partial charge in [0.1, 0.15) is 11.9 Å². The van der Waals surface area contributed by atoms with E-state index in [4.69, 9.17) is 39.2 Å². The van der Waals surface area contributed by atoms with E-state index < -0.39 is 25.5 Å². The summed E-state index contributed by atoms with van der Waals surface area (Å²) in [5.74, 6) is -2.38. The second-order valence-corrected chi connectivity index (χ2v) is 28.9. The Bertz CT molecular complexity index is 3660. The highest BCUT2D eigenvalue weighted by molar-refractivity contribution is 7.54. The molecule has 1 atom stereocenters. The number of carbonyl (C=O) groups is 13. The summed E-state index contributed by atoms with van der Waals surface area (Å²) >= 11 is 8.76. The van der Waals surface area contributed by atoms with E-state index in [9.17, 15) is 66.9 Å². The molecule has 0 spiro atoms. The maximum Gasteiger partial charge on any atom is 0.341 e. The number of aliphatic carboxylic acids is 1. The highest BCUT2D eigenvalue weighted by Crippen LogP contribution is 2.48. The predicted octanol–water partition coefficient (Wildman–Crippen LogP) is 14.9. The van der Waals surface area contributed by atoms with Crippen LogP contribution >= 0.6 is 75.6 Å². The number of fused-ring (bicyclic) bond motifs is 3. The first-order valence-corrected chi connectivity index (χ1v) is 40.9. The molecule has 3 aliphatic rings. The Morgan fingerprint density at radius 3 is 1.49 bits per heavy atom. The fraction of sp³-hybridized carbons (Fsp3) is 0.458. The van der Waals surface area contributed by atoms with Gasteiger partial charge in [-0.05, 0) is 161 Å². The number of carbonyl (C=O) groups excluding carboxylic acids is 11. The van der Waals surface area contributed by atoms with E-state index in [1.165, 1.54) is 62.8 Å². The van der Waals surface area contributed by atoms with E-state index >= 15 is 0 Å². The Hall–Kier alpha value is -7.84. The standard InChI is InChI=1S/C13H16O3S.C13H14O3S.C10H13NO3S.C9H8O2S.C8H9NO3S.C8H17O5P.C6H13NO.C5H4O2S/c2*1-2-16-12(15)8-9-4-3-5-11(14)10-6-7-17-13(9)10;1-2-14-9(12)3-5-11-10(13)8-4-6-15-7-8;10-7-2-1-3-8(11)9-6(7)4-5-12-9;10-7(11)1-3-9-8(12)6-2-4-13-5-6;1-4-11-8(9)7-14(10,12-5-2)13-6-3;1-2-3-6(8)4-5-7;6-5(7)4-1-2-8-3-4/h6-7,9H,2-5,8H2,1H3;6-8H,2-5H2,1H3;4,6-7H,2-3,5H2,1H3,(H,11,13);4-5H,1-3H2;2,4-5H,1,3H2,(H,9,12)(H,10,11);4-7H2,1-3H3;2-5,7H2,1H3;1-3H,(H,6,7)/b;9-8+;;;;;;. The number of Topliss-reactive ketones (excluding diaryl/α,β-unsaturated/α-hetero) is 5. The summed E-state index contributed by atoms with van der Waals surface area (Å²) < 4.78 is 40.9. The molecule has 6 aromatic rings. The van der Waals surface area contributed by atoms with Crippen molar-refractivity contribution in [3.63, 3.8) is 0 Å². The first-order valence-electron chi connectivity index (χ1n) is 33.7. The van der Waals surface area contributed by atoms with Gasteiger partial charge in [0, 0.05) is 117 Å². The molecule has 0 saturated heterocycles. The largest absolute Gasteiger partial charge is 0.481 e. The maximum atomic E-state index is 11.8. The zero-order chi connectivity index (χ0) is 77.2. The molecule has 0 aromatic carbocycles. The van der Waals surface area contributed by atoms with Gasteiger partial charge in [0.2, 0.25) is 0 Å². The van der Waals surface area contributed by atoms with Crippen LogP contribution in [0.15, 0.2) is 90.9 Å². The molecule has 0 radical (unpaired) electrons. The Labute approximate surface area is 630 Å². The number of nitrogens with one attached hydrogen (secondary N) is 2. The summed E-state index contributed by atoms with van der Waals surface area (Å²) in [7, 11) is -3.28. The molecular weight excluding hydrogens is 1480 g/mol. The van der Waals surface area contributed by atoms with Crippen molar-refractivity contribution in [3.05, 3.63) is 139 Å². The van der Waals surface area contributed by atoms with Crippen LogP contribution in [0, 0.1) is 0 Å². The number of ether oxygens (including phenoxy) is 4. The van der Waals surface area contributed by atoms with Crippen molar-refractivity contribution in [2.45, 2.75) is 151 Å². The second-order valence-electron chi connectivity index (χ2n) is 21.7. The van der Waals surface area contributed by atoms with E-state index in [1.807, 2.05) is 47.5 Å². The topological polar surface area (TPSA) is 385 Å². The first-order chi connectivity index (χ1) is 49.8. The van der Waals surface area contributed by atoms with Crippen LogP contribution in [0.1, 0.15) is 232 Å². The minimum atomic E-state index is -3.28. The fourth-order valence-electron chi connectivity index (χ4n) is 9.21. The first kappa shape index (κ1) is 92.2. The summed E-state index contributed by atoms with van der Waals surface area (Å²) in [5, 5.41) is 37.8. The van der Waals surface area contributed by atoms with Gasteiger partial charge in [0.25, 0.3) is 11.8 Å². The quantitative estimate of drug-likeness (QED) is 0.0111. The van der Waals surface area contributed by atoms with Crippen LogP contribution in [0.5, 0.6) is 0 Å². The van der Waals surface area contributed by atoms with Gasteiger partial charge >= 0.3 is 43.4 Å². The van der Waals surface area contributed by atoms with Crippen molar-refractivity contribution in [1.82, 2.24) is 10.6 Å². The Morgan fingerprint density at radius 2 is 0.990 bits per heavy atom. The lowest BCUT2D eigenvalue weighted by Gasteiger charge is -2.15. The third-order valence-corrected chi connectivity index (χ3v) is 20.9. The smallest absolute Gasteiger partial charge is 0.341 e. The molecule has 32 heteroatoms. The average molecular weight is 1580 g/mol. The third kappa shape index (κ3) is 37.2. The molecule has 9 rings (SSSR count). The summed E-state index contributed by atoms with van der Waals surface area (Å²) in [6.45, 7) is 15.3. The summed E-state index contributed by atoms with van der Waals surface area (Å²) in [6.07, 6.45) is 10.2. The van der Waals surface area contributed by atoms with Crippen LogP contribution in [0.4, 0.5) is 0 Å². The SMILES string of the molecule is CCCC(=O)CCN.CCOC(=O)/C=C1\CCCC(=O)c2ccsc21.CCOC(=O)CC1CCCC(=O)c2ccsc21.CCOC(=O)CCNC(=O)c1ccsc1.CCOC(=O)CP(=O)(OCC)OCC.O=C(O)CCNC(=O)c1ccsc1.O=C(O)c1ccsc1.O=C1CCCC(=O)c2sccc21. The molecule has 1 unspecified atom stereocenters. The van der Waals surface area contributed by atoms with Crippen molar-refractivity contribution in [2.75, 3.05) is 65.4 Å². The summed E-state index contributed by atoms with van der Waals surface area (Å²) in [4.78, 5) is 147. The Morgan fingerprint density at radius 1 is 0.519 bits per heavy atom. The lowest BCUT2D eigenvalue weighted by Crippen LogP contribution is -2.26. The number of rotatable bonds is 26. The zero-order valence-corrected chi connectivity index (χ0v) is 65.3. The number of amides is 2. The molecule has 0 saturated carbocycles. The molecule has 6 heterocycles. The number of hydrogen-bond donors (Lipinski definition) is 5. The van der Waals surface area contributed by atoms with Crippen LogP contribution in [-0.2, 0) is 61.3 Å². The molecule has 0 fully saturated rings. The van der Waals surface area contributed by atoms with E-state index in [0.717, 1.165) is 58.6 Å². The van der Waals surface area contributed by atoms with Gasteiger partial charge in [-0.25, -0.2) is 9.59 Å². The number of hydrogen-bond acceptors (Lipinski definition) is 27.